The van der Waals surface area contributed by atoms with Crippen LogP contribution in [0.15, 0.2) is 41.1 Å². The second-order valence-corrected chi connectivity index (χ2v) is 5.04. The fraction of sp³-hybridized carbons (Fsp3) is 0.231. The molecule has 92 valence electrons. The third-order valence-electron chi connectivity index (χ3n) is 2.78. The average Bonchev–Trinajstić information content (AvgIpc) is 2.79. The van der Waals surface area contributed by atoms with Gasteiger partial charge in [0.15, 0.2) is 0 Å². The Morgan fingerprint density at radius 2 is 2.06 bits per heavy atom. The first kappa shape index (κ1) is 12.8. The summed E-state index contributed by atoms with van der Waals surface area (Å²) in [5, 5.41) is 9.05. The summed E-state index contributed by atoms with van der Waals surface area (Å²) in [5.74, 6) is 0.375. The van der Waals surface area contributed by atoms with Crippen molar-refractivity contribution in [3.8, 4) is 6.07 Å². The molecule has 2 N–H and O–H groups in total. The van der Waals surface area contributed by atoms with Crippen molar-refractivity contribution in [1.82, 2.24) is 9.55 Å². The highest BCUT2D eigenvalue weighted by atomic mass is 79.9. The van der Waals surface area contributed by atoms with E-state index in [-0.39, 0.29) is 12.1 Å². The molecule has 2 atom stereocenters. The molecule has 4 nitrogen and oxygen atoms in total. The van der Waals surface area contributed by atoms with Crippen LogP contribution in [-0.4, -0.2) is 15.6 Å². The topological polar surface area (TPSA) is 67.6 Å². The molecule has 18 heavy (non-hydrogen) atoms. The van der Waals surface area contributed by atoms with Crippen molar-refractivity contribution in [2.24, 2.45) is 5.73 Å². The summed E-state index contributed by atoms with van der Waals surface area (Å²) in [5.41, 5.74) is 7.11. The van der Waals surface area contributed by atoms with Gasteiger partial charge in [-0.25, -0.2) is 4.98 Å². The van der Waals surface area contributed by atoms with Crippen molar-refractivity contribution < 1.29 is 0 Å². The second-order valence-electron chi connectivity index (χ2n) is 4.13. The molecule has 1 heterocycles. The number of nitrogens with zero attached hydrogens (tertiary/aromatic N) is 3. The summed E-state index contributed by atoms with van der Waals surface area (Å²) in [4.78, 5) is 4.02. The number of halogens is 1. The van der Waals surface area contributed by atoms with E-state index in [4.69, 9.17) is 11.0 Å². The Balaban J connectivity index is 2.47. The highest BCUT2D eigenvalue weighted by Crippen LogP contribution is 2.24. The van der Waals surface area contributed by atoms with E-state index in [9.17, 15) is 0 Å². The molecule has 0 fully saturated rings. The Hall–Kier alpha value is -1.64. The van der Waals surface area contributed by atoms with Gasteiger partial charge in [0.1, 0.15) is 6.07 Å². The molecule has 0 saturated heterocycles. The van der Waals surface area contributed by atoms with Gasteiger partial charge in [-0.1, -0.05) is 28.1 Å². The third kappa shape index (κ3) is 2.45. The smallest absolute Gasteiger partial charge is 0.213 e. The molecule has 0 bridgehead atoms. The molecule has 2 unspecified atom stereocenters. The van der Waals surface area contributed by atoms with Gasteiger partial charge in [-0.05, 0) is 24.6 Å². The van der Waals surface area contributed by atoms with Crippen LogP contribution in [0.3, 0.4) is 0 Å². The van der Waals surface area contributed by atoms with Gasteiger partial charge < -0.3 is 10.3 Å². The molecule has 0 radical (unpaired) electrons. The summed E-state index contributed by atoms with van der Waals surface area (Å²) in [6.45, 7) is 1.92. The Kier molecular flexibility index (Phi) is 3.80. The van der Waals surface area contributed by atoms with Crippen molar-refractivity contribution in [1.29, 1.82) is 5.26 Å². The monoisotopic (exact) mass is 304 g/mol. The molecule has 0 aliphatic heterocycles. The van der Waals surface area contributed by atoms with E-state index in [1.807, 2.05) is 35.8 Å². The van der Waals surface area contributed by atoms with Gasteiger partial charge in [0.25, 0.3) is 0 Å². The molecule has 0 saturated carbocycles. The van der Waals surface area contributed by atoms with E-state index in [1.165, 1.54) is 0 Å². The molecule has 5 heteroatoms. The lowest BCUT2D eigenvalue weighted by molar-refractivity contribution is 0.492. The van der Waals surface area contributed by atoms with Crippen molar-refractivity contribution in [3.05, 3.63) is 52.5 Å². The van der Waals surface area contributed by atoms with Gasteiger partial charge in [0.2, 0.25) is 5.82 Å². The average molecular weight is 305 g/mol. The summed E-state index contributed by atoms with van der Waals surface area (Å²) in [7, 11) is 0. The van der Waals surface area contributed by atoms with Gasteiger partial charge in [-0.2, -0.15) is 5.26 Å². The van der Waals surface area contributed by atoms with Crippen LogP contribution in [0.4, 0.5) is 0 Å². The molecular formula is C13H13BrN4. The van der Waals surface area contributed by atoms with Gasteiger partial charge in [0.05, 0.1) is 6.04 Å². The van der Waals surface area contributed by atoms with E-state index >= 15 is 0 Å². The Bertz CT molecular complexity index is 565. The van der Waals surface area contributed by atoms with Crippen LogP contribution in [-0.2, 0) is 0 Å². The maximum absolute atomic E-state index is 9.05. The number of imidazole rings is 1. The van der Waals surface area contributed by atoms with Crippen LogP contribution in [0, 0.1) is 11.3 Å². The zero-order valence-corrected chi connectivity index (χ0v) is 11.5. The molecule has 2 rings (SSSR count). The highest BCUT2D eigenvalue weighted by molar-refractivity contribution is 9.10. The molecule has 0 aliphatic carbocycles. The van der Waals surface area contributed by atoms with Crippen LogP contribution >= 0.6 is 15.9 Å². The normalized spacial score (nSPS) is 13.9. The molecular weight excluding hydrogens is 292 g/mol. The van der Waals surface area contributed by atoms with E-state index in [2.05, 4.69) is 27.0 Å². The zero-order chi connectivity index (χ0) is 13.1. The maximum atomic E-state index is 9.05. The van der Waals surface area contributed by atoms with Crippen LogP contribution in [0.5, 0.6) is 0 Å². The van der Waals surface area contributed by atoms with Gasteiger partial charge in [0, 0.05) is 22.9 Å². The summed E-state index contributed by atoms with van der Waals surface area (Å²) in [6, 6.07) is 9.80. The fourth-order valence-electron chi connectivity index (χ4n) is 2.00. The molecule has 1 aromatic carbocycles. The molecule has 0 aliphatic rings. The number of rotatable bonds is 3. The summed E-state index contributed by atoms with van der Waals surface area (Å²) in [6.07, 6.45) is 3.40. The first-order valence-electron chi connectivity index (χ1n) is 5.57. The summed E-state index contributed by atoms with van der Waals surface area (Å²) < 4.78 is 2.83. The first-order valence-corrected chi connectivity index (χ1v) is 6.36. The number of nitriles is 1. The highest BCUT2D eigenvalue weighted by Gasteiger charge is 2.20. The number of aromatic nitrogens is 2. The minimum absolute atomic E-state index is 0.0877. The van der Waals surface area contributed by atoms with Crippen LogP contribution in [0.25, 0.3) is 0 Å². The van der Waals surface area contributed by atoms with Crippen molar-refractivity contribution in [2.45, 2.75) is 19.0 Å². The van der Waals surface area contributed by atoms with Crippen molar-refractivity contribution >= 4 is 15.9 Å². The lowest BCUT2D eigenvalue weighted by Crippen LogP contribution is -2.30. The van der Waals surface area contributed by atoms with Crippen LogP contribution in [0.2, 0.25) is 0 Å². The van der Waals surface area contributed by atoms with Gasteiger partial charge in [-0.15, -0.1) is 0 Å². The fourth-order valence-corrected chi connectivity index (χ4v) is 2.27. The predicted molar refractivity (Wildman–Crippen MR) is 72.9 cm³/mol. The quantitative estimate of drug-likeness (QED) is 0.947. The minimum atomic E-state index is -0.118. The van der Waals surface area contributed by atoms with E-state index in [0.29, 0.717) is 5.82 Å². The Labute approximate surface area is 114 Å². The first-order chi connectivity index (χ1) is 8.63. The Morgan fingerprint density at radius 3 is 2.61 bits per heavy atom. The zero-order valence-electron chi connectivity index (χ0n) is 9.92. The molecule has 0 spiro atoms. The van der Waals surface area contributed by atoms with E-state index in [0.717, 1.165) is 10.0 Å². The number of hydrogen-bond donors (Lipinski definition) is 1. The summed E-state index contributed by atoms with van der Waals surface area (Å²) >= 11 is 3.41. The molecule has 1 aromatic heterocycles. The SMILES string of the molecule is CC(N)C(c1ccc(Br)cc1)n1ccnc1C#N. The predicted octanol–water partition coefficient (Wildman–Crippen LogP) is 2.45. The van der Waals surface area contributed by atoms with Crippen molar-refractivity contribution in [2.75, 3.05) is 0 Å². The van der Waals surface area contributed by atoms with Gasteiger partial charge >= 0.3 is 0 Å². The maximum Gasteiger partial charge on any atom is 0.213 e. The van der Waals surface area contributed by atoms with Gasteiger partial charge in [-0.3, -0.25) is 0 Å². The lowest BCUT2D eigenvalue weighted by atomic mass is 10.0. The minimum Gasteiger partial charge on any atom is -0.326 e. The number of benzene rings is 1. The van der Waals surface area contributed by atoms with E-state index in [1.54, 1.807) is 12.4 Å². The largest absolute Gasteiger partial charge is 0.326 e. The molecule has 0 amide bonds. The third-order valence-corrected chi connectivity index (χ3v) is 3.31. The van der Waals surface area contributed by atoms with Crippen LogP contribution < -0.4 is 5.73 Å². The molecule has 2 aromatic rings. The van der Waals surface area contributed by atoms with Crippen LogP contribution in [0.1, 0.15) is 24.4 Å². The van der Waals surface area contributed by atoms with E-state index < -0.39 is 0 Å². The lowest BCUT2D eigenvalue weighted by Gasteiger charge is -2.23. The Morgan fingerprint density at radius 1 is 1.39 bits per heavy atom. The standard InChI is InChI=1S/C13H13BrN4/c1-9(16)13(10-2-4-11(14)5-3-10)18-7-6-17-12(18)8-15/h2-7,9,13H,16H2,1H3. The number of nitrogens with two attached hydrogens (primary N) is 1. The van der Waals surface area contributed by atoms with Crippen molar-refractivity contribution in [3.63, 3.8) is 0 Å². The second kappa shape index (κ2) is 5.34. The number of hydrogen-bond acceptors (Lipinski definition) is 3.